The van der Waals surface area contributed by atoms with Gasteiger partial charge in [-0.05, 0) is 39.3 Å². The molecular weight excluding hydrogens is 308 g/mol. The van der Waals surface area contributed by atoms with Crippen LogP contribution in [0.25, 0.3) is 0 Å². The molecule has 0 spiro atoms. The van der Waals surface area contributed by atoms with E-state index in [-0.39, 0.29) is 18.2 Å². The molecule has 1 fully saturated rings. The SMILES string of the molecule is CCOC(=O)/C(C)=C/[C@@H]1OC(C)(C)O[C@H]1COCc1ccccc1. The van der Waals surface area contributed by atoms with Gasteiger partial charge < -0.3 is 18.9 Å². The average Bonchev–Trinajstić information content (AvgIpc) is 2.82. The lowest BCUT2D eigenvalue weighted by molar-refractivity contribution is -0.149. The molecule has 0 amide bonds. The number of carbonyl (C=O) groups is 1. The molecule has 0 N–H and O–H groups in total. The smallest absolute Gasteiger partial charge is 0.333 e. The fourth-order valence-electron chi connectivity index (χ4n) is 2.56. The molecule has 0 bridgehead atoms. The topological polar surface area (TPSA) is 54.0 Å². The van der Waals surface area contributed by atoms with Gasteiger partial charge in [-0.15, -0.1) is 0 Å². The van der Waals surface area contributed by atoms with Crippen LogP contribution in [-0.2, 0) is 30.3 Å². The van der Waals surface area contributed by atoms with Crippen LogP contribution in [-0.4, -0.2) is 37.2 Å². The Morgan fingerprint density at radius 1 is 1.25 bits per heavy atom. The van der Waals surface area contributed by atoms with Crippen LogP contribution in [0.3, 0.4) is 0 Å². The van der Waals surface area contributed by atoms with Crippen molar-refractivity contribution in [3.8, 4) is 0 Å². The number of hydrogen-bond donors (Lipinski definition) is 0. The number of rotatable bonds is 7. The lowest BCUT2D eigenvalue weighted by atomic mass is 10.1. The summed E-state index contributed by atoms with van der Waals surface area (Å²) in [6.45, 7) is 8.44. The summed E-state index contributed by atoms with van der Waals surface area (Å²) < 4.78 is 22.5. The average molecular weight is 334 g/mol. The highest BCUT2D eigenvalue weighted by Gasteiger charge is 2.40. The van der Waals surface area contributed by atoms with E-state index < -0.39 is 5.79 Å². The van der Waals surface area contributed by atoms with Gasteiger partial charge in [-0.2, -0.15) is 0 Å². The van der Waals surface area contributed by atoms with Crippen molar-refractivity contribution in [3.05, 3.63) is 47.5 Å². The summed E-state index contributed by atoms with van der Waals surface area (Å²) in [5.41, 5.74) is 1.61. The van der Waals surface area contributed by atoms with Crippen molar-refractivity contribution in [3.63, 3.8) is 0 Å². The monoisotopic (exact) mass is 334 g/mol. The molecule has 1 saturated heterocycles. The molecule has 1 aromatic carbocycles. The quantitative estimate of drug-likeness (QED) is 0.566. The van der Waals surface area contributed by atoms with E-state index in [9.17, 15) is 4.79 Å². The molecule has 5 heteroatoms. The van der Waals surface area contributed by atoms with Crippen molar-refractivity contribution >= 4 is 5.97 Å². The molecule has 0 unspecified atom stereocenters. The predicted molar refractivity (Wildman–Crippen MR) is 90.3 cm³/mol. The van der Waals surface area contributed by atoms with Crippen LogP contribution in [0.5, 0.6) is 0 Å². The minimum atomic E-state index is -0.711. The van der Waals surface area contributed by atoms with E-state index >= 15 is 0 Å². The maximum atomic E-state index is 11.8. The highest BCUT2D eigenvalue weighted by atomic mass is 16.8. The summed E-state index contributed by atoms with van der Waals surface area (Å²) >= 11 is 0. The molecule has 0 saturated carbocycles. The predicted octanol–water partition coefficient (Wildman–Crippen LogP) is 3.23. The third-order valence-electron chi connectivity index (χ3n) is 3.63. The molecule has 5 nitrogen and oxygen atoms in total. The summed E-state index contributed by atoms with van der Waals surface area (Å²) in [5.74, 6) is -1.05. The van der Waals surface area contributed by atoms with E-state index in [2.05, 4.69) is 0 Å². The summed E-state index contributed by atoms with van der Waals surface area (Å²) in [5, 5.41) is 0. The van der Waals surface area contributed by atoms with Crippen molar-refractivity contribution in [2.45, 2.75) is 52.3 Å². The van der Waals surface area contributed by atoms with Crippen molar-refractivity contribution in [2.75, 3.05) is 13.2 Å². The first-order valence-corrected chi connectivity index (χ1v) is 8.24. The van der Waals surface area contributed by atoms with Crippen LogP contribution in [0.2, 0.25) is 0 Å². The Hall–Kier alpha value is -1.69. The molecule has 1 aliphatic rings. The Balaban J connectivity index is 1.95. The zero-order valence-corrected chi connectivity index (χ0v) is 14.8. The van der Waals surface area contributed by atoms with Gasteiger partial charge in [-0.1, -0.05) is 30.3 Å². The van der Waals surface area contributed by atoms with E-state index in [1.165, 1.54) is 0 Å². The third-order valence-corrected chi connectivity index (χ3v) is 3.63. The van der Waals surface area contributed by atoms with Gasteiger partial charge in [0, 0.05) is 5.57 Å². The van der Waals surface area contributed by atoms with Crippen LogP contribution in [0, 0.1) is 0 Å². The second kappa shape index (κ2) is 8.42. The first-order chi connectivity index (χ1) is 11.4. The molecule has 132 valence electrons. The van der Waals surface area contributed by atoms with E-state index in [1.54, 1.807) is 19.9 Å². The molecule has 24 heavy (non-hydrogen) atoms. The second-order valence-electron chi connectivity index (χ2n) is 6.21. The molecule has 2 rings (SSSR count). The van der Waals surface area contributed by atoms with Gasteiger partial charge in [0.15, 0.2) is 5.79 Å². The molecular formula is C19H26O5. The van der Waals surface area contributed by atoms with Crippen LogP contribution < -0.4 is 0 Å². The largest absolute Gasteiger partial charge is 0.463 e. The number of hydrogen-bond acceptors (Lipinski definition) is 5. The second-order valence-corrected chi connectivity index (χ2v) is 6.21. The first-order valence-electron chi connectivity index (χ1n) is 8.24. The molecule has 1 heterocycles. The molecule has 0 radical (unpaired) electrons. The Morgan fingerprint density at radius 3 is 2.62 bits per heavy atom. The summed E-state index contributed by atoms with van der Waals surface area (Å²) in [4.78, 5) is 11.8. The zero-order valence-electron chi connectivity index (χ0n) is 14.8. The molecule has 2 atom stereocenters. The minimum absolute atomic E-state index is 0.270. The van der Waals surface area contributed by atoms with Crippen molar-refractivity contribution < 1.29 is 23.7 Å². The highest BCUT2D eigenvalue weighted by Crippen LogP contribution is 2.30. The van der Waals surface area contributed by atoms with Gasteiger partial charge in [0.1, 0.15) is 12.2 Å². The fraction of sp³-hybridized carbons (Fsp3) is 0.526. The number of benzene rings is 1. The van der Waals surface area contributed by atoms with Crippen LogP contribution in [0.1, 0.15) is 33.3 Å². The van der Waals surface area contributed by atoms with E-state index in [4.69, 9.17) is 18.9 Å². The van der Waals surface area contributed by atoms with Crippen molar-refractivity contribution in [1.82, 2.24) is 0 Å². The zero-order chi connectivity index (χ0) is 17.6. The summed E-state index contributed by atoms with van der Waals surface area (Å²) in [6, 6.07) is 9.95. The number of carbonyl (C=O) groups excluding carboxylic acids is 1. The lowest BCUT2D eigenvalue weighted by Gasteiger charge is -2.16. The summed E-state index contributed by atoms with van der Waals surface area (Å²) in [7, 11) is 0. The number of ether oxygens (including phenoxy) is 4. The van der Waals surface area contributed by atoms with E-state index in [1.807, 2.05) is 44.2 Å². The van der Waals surface area contributed by atoms with E-state index in [0.717, 1.165) is 5.56 Å². The Bertz CT molecular complexity index is 564. The van der Waals surface area contributed by atoms with Gasteiger partial charge in [0.25, 0.3) is 0 Å². The minimum Gasteiger partial charge on any atom is -0.463 e. The first kappa shape index (κ1) is 18.6. The molecule has 1 aromatic rings. The molecule has 1 aliphatic heterocycles. The standard InChI is InChI=1S/C19H26O5/c1-5-22-18(20)14(2)11-16-17(24-19(3,4)23-16)13-21-12-15-9-7-6-8-10-15/h6-11,16-17H,5,12-13H2,1-4H3/b14-11+/t16-,17-/m0/s1. The van der Waals surface area contributed by atoms with Crippen molar-refractivity contribution in [1.29, 1.82) is 0 Å². The van der Waals surface area contributed by atoms with Gasteiger partial charge in [0.05, 0.1) is 19.8 Å². The summed E-state index contributed by atoms with van der Waals surface area (Å²) in [6.07, 6.45) is 1.14. The lowest BCUT2D eigenvalue weighted by Crippen LogP contribution is -2.27. The normalized spacial score (nSPS) is 23.2. The van der Waals surface area contributed by atoms with Gasteiger partial charge in [-0.3, -0.25) is 0 Å². The molecule has 0 aromatic heterocycles. The maximum absolute atomic E-state index is 11.8. The Labute approximate surface area is 143 Å². The fourth-order valence-corrected chi connectivity index (χ4v) is 2.56. The molecule has 0 aliphatic carbocycles. The Kier molecular flexibility index (Phi) is 6.54. The van der Waals surface area contributed by atoms with Gasteiger partial charge in [-0.25, -0.2) is 4.79 Å². The van der Waals surface area contributed by atoms with Crippen molar-refractivity contribution in [2.24, 2.45) is 0 Å². The van der Waals surface area contributed by atoms with Gasteiger partial charge >= 0.3 is 5.97 Å². The van der Waals surface area contributed by atoms with E-state index in [0.29, 0.717) is 25.4 Å². The van der Waals surface area contributed by atoms with Gasteiger partial charge in [0.2, 0.25) is 0 Å². The third kappa shape index (κ3) is 5.44. The Morgan fingerprint density at radius 2 is 1.96 bits per heavy atom. The number of esters is 1. The van der Waals surface area contributed by atoms with Crippen LogP contribution in [0.15, 0.2) is 42.0 Å². The maximum Gasteiger partial charge on any atom is 0.333 e. The van der Waals surface area contributed by atoms with Crippen LogP contribution in [0.4, 0.5) is 0 Å². The van der Waals surface area contributed by atoms with Crippen LogP contribution >= 0.6 is 0 Å². The highest BCUT2D eigenvalue weighted by molar-refractivity contribution is 5.87.